The Morgan fingerprint density at radius 2 is 1.37 bits per heavy atom. The molecule has 0 spiro atoms. The zero-order valence-corrected chi connectivity index (χ0v) is 17.8. The lowest BCUT2D eigenvalue weighted by atomic mass is 9.82. The molecule has 2 aliphatic rings. The van der Waals surface area contributed by atoms with Crippen LogP contribution in [0.5, 0.6) is 0 Å². The van der Waals surface area contributed by atoms with Crippen LogP contribution in [0.1, 0.15) is 30.5 Å². The van der Waals surface area contributed by atoms with E-state index in [0.29, 0.717) is 0 Å². The Labute approximate surface area is 177 Å². The predicted octanol–water partition coefficient (Wildman–Crippen LogP) is 5.87. The fraction of sp³-hybridized carbons (Fsp3) is 0.231. The van der Waals surface area contributed by atoms with Crippen molar-refractivity contribution in [3.63, 3.8) is 0 Å². The number of nitrogens with zero attached hydrogens (tertiary/aromatic N) is 2. The Morgan fingerprint density at radius 1 is 0.733 bits per heavy atom. The van der Waals surface area contributed by atoms with Gasteiger partial charge in [-0.2, -0.15) is 0 Å². The molecule has 2 N–H and O–H groups in total. The van der Waals surface area contributed by atoms with Gasteiger partial charge in [-0.25, -0.2) is 0 Å². The van der Waals surface area contributed by atoms with Crippen molar-refractivity contribution in [3.05, 3.63) is 83.4 Å². The molecule has 5 rings (SSSR count). The first-order valence-electron chi connectivity index (χ1n) is 10.3. The third-order valence-corrected chi connectivity index (χ3v) is 6.38. The van der Waals surface area contributed by atoms with E-state index in [-0.39, 0.29) is 23.3 Å². The number of amidine groups is 2. The van der Waals surface area contributed by atoms with Crippen LogP contribution < -0.4 is 9.80 Å². The van der Waals surface area contributed by atoms with Gasteiger partial charge in [0.15, 0.2) is 11.7 Å². The van der Waals surface area contributed by atoms with Gasteiger partial charge in [0.1, 0.15) is 6.17 Å². The summed E-state index contributed by atoms with van der Waals surface area (Å²) in [6.07, 6.45) is -0.121. The van der Waals surface area contributed by atoms with E-state index in [2.05, 4.69) is 64.1 Å². The van der Waals surface area contributed by atoms with Crippen LogP contribution in [0.3, 0.4) is 0 Å². The van der Waals surface area contributed by atoms with Crippen molar-refractivity contribution in [2.75, 3.05) is 9.80 Å². The molecule has 0 radical (unpaired) electrons. The Hall–Kier alpha value is -3.40. The number of fused-ring (bicyclic) bond motifs is 3. The molecule has 4 heteroatoms. The summed E-state index contributed by atoms with van der Waals surface area (Å²) in [5.74, 6) is 0.509. The van der Waals surface area contributed by atoms with Crippen LogP contribution in [-0.4, -0.2) is 17.8 Å². The molecular formula is C26H26N4. The van der Waals surface area contributed by atoms with Crippen LogP contribution >= 0.6 is 0 Å². The van der Waals surface area contributed by atoms with Gasteiger partial charge in [0, 0.05) is 16.8 Å². The molecule has 1 atom stereocenters. The van der Waals surface area contributed by atoms with E-state index in [0.717, 1.165) is 16.9 Å². The molecule has 1 saturated heterocycles. The lowest BCUT2D eigenvalue weighted by Gasteiger charge is -2.35. The van der Waals surface area contributed by atoms with E-state index in [1.165, 1.54) is 22.3 Å². The van der Waals surface area contributed by atoms with E-state index in [4.69, 9.17) is 10.8 Å². The first-order valence-corrected chi connectivity index (χ1v) is 10.3. The molecule has 30 heavy (non-hydrogen) atoms. The number of rotatable bonds is 2. The smallest absolute Gasteiger partial charge is 0.170 e. The number of hydrogen-bond donors (Lipinski definition) is 2. The Bertz CT molecular complexity index is 1170. The third-order valence-electron chi connectivity index (χ3n) is 6.38. The fourth-order valence-corrected chi connectivity index (χ4v) is 5.08. The standard InChI is InChI=1S/C26H26N4/c1-16-12-17(2)14-19(13-16)18-10-11-21-22(15-18)30-24(28)23(27)29(25(30)26(21,3)4)20-8-6-5-7-9-20/h5-15,25,27-28H,1-4H3. The molecule has 0 aliphatic carbocycles. The van der Waals surface area contributed by atoms with E-state index < -0.39 is 0 Å². The summed E-state index contributed by atoms with van der Waals surface area (Å²) in [6, 6.07) is 23.2. The van der Waals surface area contributed by atoms with E-state index in [1.54, 1.807) is 0 Å². The van der Waals surface area contributed by atoms with Crippen molar-refractivity contribution < 1.29 is 0 Å². The summed E-state index contributed by atoms with van der Waals surface area (Å²) in [6.45, 7) is 8.68. The highest BCUT2D eigenvalue weighted by Crippen LogP contribution is 2.51. The number of benzene rings is 3. The summed E-state index contributed by atoms with van der Waals surface area (Å²) in [5, 5.41) is 17.5. The van der Waals surface area contributed by atoms with Crippen molar-refractivity contribution in [3.8, 4) is 11.1 Å². The maximum atomic E-state index is 8.77. The minimum Gasteiger partial charge on any atom is -0.301 e. The lowest BCUT2D eigenvalue weighted by molar-refractivity contribution is 0.457. The number of hydrogen-bond acceptors (Lipinski definition) is 2. The number of nitrogens with one attached hydrogen (secondary N) is 2. The summed E-state index contributed by atoms with van der Waals surface area (Å²) in [5.41, 5.74) is 7.81. The SMILES string of the molecule is Cc1cc(C)cc(-c2ccc3c(c2)N2C(=N)C(=N)N(c4ccccc4)C2C3(C)C)c1. The quantitative estimate of drug-likeness (QED) is 0.571. The molecule has 3 aromatic carbocycles. The first-order chi connectivity index (χ1) is 14.3. The molecule has 0 amide bonds. The number of para-hydroxylation sites is 1. The summed E-state index contributed by atoms with van der Waals surface area (Å²) < 4.78 is 0. The van der Waals surface area contributed by atoms with Crippen LogP contribution in [0, 0.1) is 24.7 Å². The van der Waals surface area contributed by atoms with Gasteiger partial charge in [0.05, 0.1) is 0 Å². The molecule has 1 fully saturated rings. The maximum Gasteiger partial charge on any atom is 0.170 e. The predicted molar refractivity (Wildman–Crippen MR) is 125 cm³/mol. The lowest BCUT2D eigenvalue weighted by Crippen LogP contribution is -2.48. The van der Waals surface area contributed by atoms with Crippen molar-refractivity contribution >= 4 is 23.0 Å². The second-order valence-electron chi connectivity index (χ2n) is 8.98. The summed E-state index contributed by atoms with van der Waals surface area (Å²) in [4.78, 5) is 4.04. The average molecular weight is 395 g/mol. The molecule has 150 valence electrons. The first kappa shape index (κ1) is 18.6. The van der Waals surface area contributed by atoms with Crippen LogP contribution in [0.15, 0.2) is 66.7 Å². The van der Waals surface area contributed by atoms with Crippen LogP contribution in [-0.2, 0) is 5.41 Å². The maximum absolute atomic E-state index is 8.77. The highest BCUT2D eigenvalue weighted by molar-refractivity contribution is 6.51. The van der Waals surface area contributed by atoms with Gasteiger partial charge >= 0.3 is 0 Å². The Balaban J connectivity index is 1.67. The second kappa shape index (κ2) is 6.30. The van der Waals surface area contributed by atoms with Gasteiger partial charge in [0.25, 0.3) is 0 Å². The molecule has 0 saturated carbocycles. The number of aryl methyl sites for hydroxylation is 2. The average Bonchev–Trinajstić information content (AvgIpc) is 3.11. The highest BCUT2D eigenvalue weighted by Gasteiger charge is 2.55. The highest BCUT2D eigenvalue weighted by atomic mass is 15.5. The van der Waals surface area contributed by atoms with E-state index in [1.807, 2.05) is 40.1 Å². The number of anilines is 2. The molecule has 2 heterocycles. The van der Waals surface area contributed by atoms with Gasteiger partial charge in [-0.1, -0.05) is 73.5 Å². The fourth-order valence-electron chi connectivity index (χ4n) is 5.08. The zero-order chi connectivity index (χ0) is 21.2. The van der Waals surface area contributed by atoms with Gasteiger partial charge in [0.2, 0.25) is 0 Å². The molecular weight excluding hydrogens is 368 g/mol. The van der Waals surface area contributed by atoms with Gasteiger partial charge in [-0.05, 0) is 48.7 Å². The van der Waals surface area contributed by atoms with Crippen molar-refractivity contribution in [2.45, 2.75) is 39.3 Å². The third kappa shape index (κ3) is 2.53. The Kier molecular flexibility index (Phi) is 3.91. The molecule has 0 aromatic heterocycles. The second-order valence-corrected chi connectivity index (χ2v) is 8.98. The van der Waals surface area contributed by atoms with Crippen molar-refractivity contribution in [1.29, 1.82) is 10.8 Å². The molecule has 4 nitrogen and oxygen atoms in total. The topological polar surface area (TPSA) is 54.2 Å². The minimum absolute atomic E-state index is 0.121. The molecule has 2 aliphatic heterocycles. The van der Waals surface area contributed by atoms with Gasteiger partial charge < -0.3 is 9.80 Å². The summed E-state index contributed by atoms with van der Waals surface area (Å²) >= 11 is 0. The normalized spacial score (nSPS) is 19.3. The largest absolute Gasteiger partial charge is 0.301 e. The van der Waals surface area contributed by atoms with Gasteiger partial charge in [-0.15, -0.1) is 0 Å². The minimum atomic E-state index is -0.235. The van der Waals surface area contributed by atoms with E-state index in [9.17, 15) is 0 Å². The zero-order valence-electron chi connectivity index (χ0n) is 17.8. The van der Waals surface area contributed by atoms with Crippen molar-refractivity contribution in [1.82, 2.24) is 0 Å². The van der Waals surface area contributed by atoms with Crippen molar-refractivity contribution in [2.24, 2.45) is 0 Å². The Morgan fingerprint density at radius 3 is 2.03 bits per heavy atom. The molecule has 0 bridgehead atoms. The monoisotopic (exact) mass is 394 g/mol. The van der Waals surface area contributed by atoms with Crippen LogP contribution in [0.2, 0.25) is 0 Å². The van der Waals surface area contributed by atoms with Crippen LogP contribution in [0.4, 0.5) is 11.4 Å². The van der Waals surface area contributed by atoms with Crippen LogP contribution in [0.25, 0.3) is 11.1 Å². The van der Waals surface area contributed by atoms with E-state index >= 15 is 0 Å². The van der Waals surface area contributed by atoms with Gasteiger partial charge in [-0.3, -0.25) is 10.8 Å². The summed E-state index contributed by atoms with van der Waals surface area (Å²) in [7, 11) is 0. The molecule has 1 unspecified atom stereocenters. The molecule has 3 aromatic rings.